The molecule has 0 bridgehead atoms. The van der Waals surface area contributed by atoms with Crippen molar-refractivity contribution in [1.29, 1.82) is 0 Å². The maximum absolute atomic E-state index is 5.40. The number of hydrogen-bond donors (Lipinski definition) is 1. The lowest BCUT2D eigenvalue weighted by atomic mass is 10.1. The van der Waals surface area contributed by atoms with Gasteiger partial charge < -0.3 is 5.73 Å². The molecule has 0 saturated heterocycles. The largest absolute Gasteiger partial charge is 0.327 e. The minimum atomic E-state index is 0.588. The van der Waals surface area contributed by atoms with E-state index < -0.39 is 0 Å². The fraction of sp³-hybridized carbons (Fsp3) is 0.273. The molecule has 70 valence electrons. The summed E-state index contributed by atoms with van der Waals surface area (Å²) < 4.78 is 1.19. The first-order valence-electron chi connectivity index (χ1n) is 4.29. The number of halogens is 1. The predicted octanol–water partition coefficient (Wildman–Crippen LogP) is 3.04. The average molecular weight is 240 g/mol. The van der Waals surface area contributed by atoms with E-state index in [1.165, 1.54) is 21.2 Å². The summed E-state index contributed by atoms with van der Waals surface area (Å²) in [7, 11) is 0. The summed E-state index contributed by atoms with van der Waals surface area (Å²) >= 11 is 3.56. The van der Waals surface area contributed by atoms with Crippen molar-refractivity contribution in [3.05, 3.63) is 39.4 Å². The van der Waals surface area contributed by atoms with E-state index in [0.29, 0.717) is 6.54 Å². The highest BCUT2D eigenvalue weighted by atomic mass is 79.9. The molecule has 0 unspecified atom stereocenters. The van der Waals surface area contributed by atoms with Gasteiger partial charge in [-0.25, -0.2) is 0 Å². The molecule has 1 nitrogen and oxygen atoms in total. The van der Waals surface area contributed by atoms with Gasteiger partial charge in [-0.05, 0) is 30.5 Å². The van der Waals surface area contributed by atoms with Crippen molar-refractivity contribution in [3.63, 3.8) is 0 Å². The second kappa shape index (κ2) is 4.58. The summed E-state index contributed by atoms with van der Waals surface area (Å²) in [4.78, 5) is 0. The summed E-state index contributed by atoms with van der Waals surface area (Å²) in [5, 5.41) is 0. The van der Waals surface area contributed by atoms with Crippen LogP contribution in [-0.2, 0) is 0 Å². The molecule has 0 amide bonds. The van der Waals surface area contributed by atoms with E-state index in [9.17, 15) is 0 Å². The summed E-state index contributed by atoms with van der Waals surface area (Å²) in [6.07, 6.45) is 4.02. The maximum Gasteiger partial charge on any atom is 0.0239 e. The van der Waals surface area contributed by atoms with Crippen molar-refractivity contribution < 1.29 is 0 Å². The summed E-state index contributed by atoms with van der Waals surface area (Å²) in [6.45, 7) is 4.78. The fourth-order valence-corrected chi connectivity index (χ4v) is 1.57. The van der Waals surface area contributed by atoms with Gasteiger partial charge in [-0.1, -0.05) is 40.2 Å². The van der Waals surface area contributed by atoms with Gasteiger partial charge in [0.1, 0.15) is 0 Å². The Bertz CT molecular complexity index is 329. The Hall–Kier alpha value is -0.600. The number of benzene rings is 1. The number of rotatable bonds is 2. The lowest BCUT2D eigenvalue weighted by molar-refractivity contribution is 1.26. The minimum Gasteiger partial charge on any atom is -0.327 e. The molecule has 1 aromatic rings. The zero-order valence-electron chi connectivity index (χ0n) is 7.97. The quantitative estimate of drug-likeness (QED) is 0.844. The monoisotopic (exact) mass is 239 g/mol. The molecule has 0 saturated carbocycles. The van der Waals surface area contributed by atoms with Gasteiger partial charge in [0.05, 0.1) is 0 Å². The van der Waals surface area contributed by atoms with Crippen LogP contribution in [0.1, 0.15) is 16.7 Å². The number of aryl methyl sites for hydroxylation is 1. The number of nitrogens with two attached hydrogens (primary N) is 1. The van der Waals surface area contributed by atoms with Crippen molar-refractivity contribution in [2.24, 2.45) is 5.73 Å². The van der Waals surface area contributed by atoms with Crippen LogP contribution in [-0.4, -0.2) is 6.54 Å². The van der Waals surface area contributed by atoms with E-state index >= 15 is 0 Å². The topological polar surface area (TPSA) is 26.0 Å². The third kappa shape index (κ3) is 2.42. The van der Waals surface area contributed by atoms with Crippen molar-refractivity contribution in [3.8, 4) is 0 Å². The lowest BCUT2D eigenvalue weighted by Gasteiger charge is -2.05. The van der Waals surface area contributed by atoms with Gasteiger partial charge in [-0.2, -0.15) is 0 Å². The van der Waals surface area contributed by atoms with Gasteiger partial charge in [0.2, 0.25) is 0 Å². The van der Waals surface area contributed by atoms with Gasteiger partial charge in [-0.3, -0.25) is 0 Å². The van der Waals surface area contributed by atoms with Crippen LogP contribution < -0.4 is 5.73 Å². The van der Waals surface area contributed by atoms with Crippen molar-refractivity contribution in [2.45, 2.75) is 13.8 Å². The third-order valence-corrected chi connectivity index (χ3v) is 3.28. The Balaban J connectivity index is 3.11. The molecule has 0 fully saturated rings. The van der Waals surface area contributed by atoms with Gasteiger partial charge in [-0.15, -0.1) is 0 Å². The summed E-state index contributed by atoms with van der Waals surface area (Å²) in [6, 6.07) is 4.22. The molecule has 0 radical (unpaired) electrons. The molecule has 0 aliphatic heterocycles. The van der Waals surface area contributed by atoms with Crippen LogP contribution in [0.2, 0.25) is 0 Å². The molecule has 1 rings (SSSR count). The first kappa shape index (κ1) is 10.5. The van der Waals surface area contributed by atoms with Gasteiger partial charge >= 0.3 is 0 Å². The molecular formula is C11H14BrN. The second-order valence-electron chi connectivity index (χ2n) is 3.05. The van der Waals surface area contributed by atoms with E-state index in [-0.39, 0.29) is 0 Å². The molecule has 0 aromatic heterocycles. The lowest BCUT2D eigenvalue weighted by Crippen LogP contribution is -1.93. The predicted molar refractivity (Wildman–Crippen MR) is 61.7 cm³/mol. The second-order valence-corrected chi connectivity index (χ2v) is 3.84. The molecule has 1 aromatic carbocycles. The standard InChI is InChI=1S/C11H14BrN/c1-8-5-6-10(4-3-7-13)9(2)11(8)12/h3-6H,7,13H2,1-2H3/b4-3+. The third-order valence-electron chi connectivity index (χ3n) is 2.05. The molecular weight excluding hydrogens is 226 g/mol. The summed E-state index contributed by atoms with van der Waals surface area (Å²) in [5.41, 5.74) is 9.16. The Morgan fingerprint density at radius 3 is 2.69 bits per heavy atom. The van der Waals surface area contributed by atoms with Crippen molar-refractivity contribution in [2.75, 3.05) is 6.54 Å². The smallest absolute Gasteiger partial charge is 0.0239 e. The SMILES string of the molecule is Cc1ccc(/C=C/CN)c(C)c1Br. The number of hydrogen-bond acceptors (Lipinski definition) is 1. The van der Waals surface area contributed by atoms with Gasteiger partial charge in [0, 0.05) is 11.0 Å². The first-order chi connectivity index (χ1) is 6.16. The maximum atomic E-state index is 5.40. The Morgan fingerprint density at radius 2 is 2.08 bits per heavy atom. The van der Waals surface area contributed by atoms with E-state index in [1.54, 1.807) is 0 Å². The Morgan fingerprint density at radius 1 is 1.38 bits per heavy atom. The van der Waals surface area contributed by atoms with Crippen LogP contribution in [0.5, 0.6) is 0 Å². The molecule has 2 N–H and O–H groups in total. The minimum absolute atomic E-state index is 0.588. The van der Waals surface area contributed by atoms with Crippen molar-refractivity contribution >= 4 is 22.0 Å². The zero-order valence-corrected chi connectivity index (χ0v) is 9.56. The van der Waals surface area contributed by atoms with E-state index in [4.69, 9.17) is 5.73 Å². The van der Waals surface area contributed by atoms with Crippen LogP contribution in [0.25, 0.3) is 6.08 Å². The van der Waals surface area contributed by atoms with E-state index in [1.807, 2.05) is 6.08 Å². The molecule has 0 atom stereocenters. The Labute approximate surface area is 87.8 Å². The normalized spacial score (nSPS) is 11.1. The van der Waals surface area contributed by atoms with E-state index in [2.05, 4.69) is 48.0 Å². The highest BCUT2D eigenvalue weighted by Gasteiger charge is 2.01. The molecule has 0 aliphatic carbocycles. The zero-order chi connectivity index (χ0) is 9.84. The first-order valence-corrected chi connectivity index (χ1v) is 5.08. The molecule has 0 aliphatic rings. The van der Waals surface area contributed by atoms with Crippen LogP contribution in [0, 0.1) is 13.8 Å². The molecule has 13 heavy (non-hydrogen) atoms. The molecule has 0 spiro atoms. The Kier molecular flexibility index (Phi) is 3.70. The highest BCUT2D eigenvalue weighted by molar-refractivity contribution is 9.10. The van der Waals surface area contributed by atoms with Crippen LogP contribution in [0.15, 0.2) is 22.7 Å². The van der Waals surface area contributed by atoms with Gasteiger partial charge in [0.15, 0.2) is 0 Å². The molecule has 0 heterocycles. The van der Waals surface area contributed by atoms with Crippen LogP contribution >= 0.6 is 15.9 Å². The van der Waals surface area contributed by atoms with Crippen molar-refractivity contribution in [1.82, 2.24) is 0 Å². The van der Waals surface area contributed by atoms with Gasteiger partial charge in [0.25, 0.3) is 0 Å². The average Bonchev–Trinajstić information content (AvgIpc) is 2.13. The summed E-state index contributed by atoms with van der Waals surface area (Å²) in [5.74, 6) is 0. The highest BCUT2D eigenvalue weighted by Crippen LogP contribution is 2.24. The van der Waals surface area contributed by atoms with Crippen LogP contribution in [0.3, 0.4) is 0 Å². The van der Waals surface area contributed by atoms with E-state index in [0.717, 1.165) is 0 Å². The molecule has 2 heteroatoms. The van der Waals surface area contributed by atoms with Crippen LogP contribution in [0.4, 0.5) is 0 Å². The fourth-order valence-electron chi connectivity index (χ4n) is 1.21.